The van der Waals surface area contributed by atoms with Crippen LogP contribution in [0.5, 0.6) is 11.5 Å². The Hall–Kier alpha value is -3.04. The summed E-state index contributed by atoms with van der Waals surface area (Å²) in [4.78, 5) is 11.0. The number of anilines is 1. The largest absolute Gasteiger partial charge is 0.481 e. The maximum absolute atomic E-state index is 11.0. The molecule has 126 valence electrons. The molecule has 1 N–H and O–H groups in total. The Labute approximate surface area is 149 Å². The highest BCUT2D eigenvalue weighted by Crippen LogP contribution is 2.30. The zero-order chi connectivity index (χ0) is 17.8. The minimum absolute atomic E-state index is 0.0879. The molecule has 0 bridgehead atoms. The van der Waals surface area contributed by atoms with Crippen LogP contribution in [0.15, 0.2) is 53.6 Å². The number of carbonyl (C=O) groups is 1. The highest BCUT2D eigenvalue weighted by atomic mass is 35.5. The quantitative estimate of drug-likeness (QED) is 0.873. The van der Waals surface area contributed by atoms with Crippen LogP contribution in [0, 0.1) is 11.3 Å². The smallest absolute Gasteiger partial charge is 0.305 e. The van der Waals surface area contributed by atoms with Crippen LogP contribution < -0.4 is 9.75 Å². The first kappa shape index (κ1) is 16.8. The Bertz CT molecular complexity index is 859. The number of nitriles is 1. The first-order valence-electron chi connectivity index (χ1n) is 7.57. The zero-order valence-corrected chi connectivity index (χ0v) is 13.8. The minimum atomic E-state index is -0.926. The van der Waals surface area contributed by atoms with Gasteiger partial charge in [-0.25, -0.2) is 0 Å². The van der Waals surface area contributed by atoms with Crippen molar-refractivity contribution < 1.29 is 14.6 Å². The number of carboxylic acids is 1. The van der Waals surface area contributed by atoms with Crippen molar-refractivity contribution in [2.45, 2.75) is 18.9 Å². The van der Waals surface area contributed by atoms with Gasteiger partial charge in [-0.3, -0.25) is 9.80 Å². The minimum Gasteiger partial charge on any atom is -0.481 e. The molecule has 0 fully saturated rings. The molecule has 0 saturated carbocycles. The Morgan fingerprint density at radius 1 is 1.32 bits per heavy atom. The lowest BCUT2D eigenvalue weighted by Gasteiger charge is -2.22. The molecule has 0 aromatic heterocycles. The maximum atomic E-state index is 11.0. The topological polar surface area (TPSA) is 85.9 Å². The molecule has 2 aromatic carbocycles. The van der Waals surface area contributed by atoms with E-state index in [0.717, 1.165) is 0 Å². The van der Waals surface area contributed by atoms with E-state index in [0.29, 0.717) is 34.3 Å². The van der Waals surface area contributed by atoms with Crippen LogP contribution in [-0.4, -0.2) is 22.8 Å². The number of carboxylic acid groups (broad SMARTS) is 1. The van der Waals surface area contributed by atoms with Gasteiger partial charge in [0, 0.05) is 11.4 Å². The third kappa shape index (κ3) is 4.08. The van der Waals surface area contributed by atoms with Crippen LogP contribution in [0.25, 0.3) is 0 Å². The molecule has 1 aliphatic rings. The molecular weight excluding hydrogens is 342 g/mol. The van der Waals surface area contributed by atoms with Crippen molar-refractivity contribution in [3.8, 4) is 17.6 Å². The normalized spacial score (nSPS) is 16.2. The molecule has 3 rings (SSSR count). The van der Waals surface area contributed by atoms with Crippen molar-refractivity contribution in [3.63, 3.8) is 0 Å². The monoisotopic (exact) mass is 355 g/mol. The van der Waals surface area contributed by atoms with Gasteiger partial charge in [-0.15, -0.1) is 0 Å². The summed E-state index contributed by atoms with van der Waals surface area (Å²) < 4.78 is 5.73. The Morgan fingerprint density at radius 3 is 2.72 bits per heavy atom. The molecule has 0 radical (unpaired) electrons. The molecule has 1 aliphatic heterocycles. The number of aliphatic carboxylic acids is 1. The van der Waals surface area contributed by atoms with E-state index in [2.05, 4.69) is 5.10 Å². The summed E-state index contributed by atoms with van der Waals surface area (Å²) in [5.74, 6) is 0.310. The Balaban J connectivity index is 1.77. The maximum Gasteiger partial charge on any atom is 0.305 e. The molecule has 1 heterocycles. The lowest BCUT2D eigenvalue weighted by molar-refractivity contribution is -0.137. The Kier molecular flexibility index (Phi) is 4.87. The highest BCUT2D eigenvalue weighted by Gasteiger charge is 2.29. The molecule has 0 amide bonds. The van der Waals surface area contributed by atoms with Crippen molar-refractivity contribution in [3.05, 3.63) is 53.6 Å². The predicted octanol–water partition coefficient (Wildman–Crippen LogP) is 4.07. The first-order chi connectivity index (χ1) is 12.0. The third-order valence-corrected chi connectivity index (χ3v) is 3.91. The van der Waals surface area contributed by atoms with Crippen LogP contribution in [0.2, 0.25) is 5.02 Å². The van der Waals surface area contributed by atoms with Gasteiger partial charge in [0.05, 0.1) is 18.2 Å². The fourth-order valence-electron chi connectivity index (χ4n) is 2.59. The number of hydrogen-bond donors (Lipinski definition) is 1. The van der Waals surface area contributed by atoms with E-state index in [9.17, 15) is 4.79 Å². The third-order valence-electron chi connectivity index (χ3n) is 3.68. The van der Waals surface area contributed by atoms with Gasteiger partial charge in [0.1, 0.15) is 23.3 Å². The van der Waals surface area contributed by atoms with E-state index in [1.807, 2.05) is 6.07 Å². The summed E-state index contributed by atoms with van der Waals surface area (Å²) in [7, 11) is 0. The lowest BCUT2D eigenvalue weighted by Crippen LogP contribution is -2.28. The van der Waals surface area contributed by atoms with Gasteiger partial charge in [-0.2, -0.15) is 10.4 Å². The molecular formula is C18H14ClN3O3. The molecule has 0 spiro atoms. The SMILES string of the molecule is N#CC1=NN(c2ccc(Oc3cccc(Cl)c3)cc2)C(CC(=O)O)C1. The van der Waals surface area contributed by atoms with Crippen molar-refractivity contribution in [1.29, 1.82) is 5.26 Å². The zero-order valence-electron chi connectivity index (χ0n) is 13.1. The second kappa shape index (κ2) is 7.24. The molecule has 6 nitrogen and oxygen atoms in total. The van der Waals surface area contributed by atoms with Crippen LogP contribution in [0.1, 0.15) is 12.8 Å². The highest BCUT2D eigenvalue weighted by molar-refractivity contribution is 6.30. The van der Waals surface area contributed by atoms with Crippen molar-refractivity contribution in [2.75, 3.05) is 5.01 Å². The average Bonchev–Trinajstić information content (AvgIpc) is 2.98. The van der Waals surface area contributed by atoms with Gasteiger partial charge < -0.3 is 9.84 Å². The summed E-state index contributed by atoms with van der Waals surface area (Å²) >= 11 is 5.93. The van der Waals surface area contributed by atoms with Crippen LogP contribution >= 0.6 is 11.6 Å². The standard InChI is InChI=1S/C18H14ClN3O3/c19-12-2-1-3-17(8-12)25-16-6-4-14(5-7-16)22-15(10-18(23)24)9-13(11-20)21-22/h1-8,15H,9-10H2,(H,23,24). The van der Waals surface area contributed by atoms with Gasteiger partial charge in [-0.1, -0.05) is 17.7 Å². The summed E-state index contributed by atoms with van der Waals surface area (Å²) in [6.45, 7) is 0. The molecule has 7 heteroatoms. The van der Waals surface area contributed by atoms with Crippen molar-refractivity contribution in [1.82, 2.24) is 0 Å². The van der Waals surface area contributed by atoms with Crippen LogP contribution in [-0.2, 0) is 4.79 Å². The first-order valence-corrected chi connectivity index (χ1v) is 7.95. The van der Waals surface area contributed by atoms with E-state index in [-0.39, 0.29) is 12.5 Å². The number of nitrogens with zero attached hydrogens (tertiary/aromatic N) is 3. The van der Waals surface area contributed by atoms with Gasteiger partial charge in [0.15, 0.2) is 0 Å². The van der Waals surface area contributed by atoms with Crippen LogP contribution in [0.3, 0.4) is 0 Å². The van der Waals surface area contributed by atoms with E-state index in [4.69, 9.17) is 26.7 Å². The fraction of sp³-hybridized carbons (Fsp3) is 0.167. The molecule has 25 heavy (non-hydrogen) atoms. The number of halogens is 1. The second-order valence-electron chi connectivity index (χ2n) is 5.51. The Morgan fingerprint density at radius 2 is 2.08 bits per heavy atom. The van der Waals surface area contributed by atoms with Gasteiger partial charge >= 0.3 is 5.97 Å². The van der Waals surface area contributed by atoms with Gasteiger partial charge in [0.2, 0.25) is 0 Å². The predicted molar refractivity (Wildman–Crippen MR) is 94.2 cm³/mol. The summed E-state index contributed by atoms with van der Waals surface area (Å²) in [6.07, 6.45) is 0.235. The van der Waals surface area contributed by atoms with Crippen molar-refractivity contribution in [2.24, 2.45) is 5.10 Å². The number of ether oxygens (including phenoxy) is 1. The number of hydrazone groups is 1. The molecule has 1 unspecified atom stereocenters. The molecule has 1 atom stereocenters. The lowest BCUT2D eigenvalue weighted by atomic mass is 10.1. The summed E-state index contributed by atoms with van der Waals surface area (Å²) in [6, 6.07) is 15.8. The average molecular weight is 356 g/mol. The van der Waals surface area contributed by atoms with E-state index < -0.39 is 5.97 Å². The number of rotatable bonds is 5. The second-order valence-corrected chi connectivity index (χ2v) is 5.95. The van der Waals surface area contributed by atoms with Gasteiger partial charge in [0.25, 0.3) is 0 Å². The van der Waals surface area contributed by atoms with E-state index in [1.54, 1.807) is 53.5 Å². The van der Waals surface area contributed by atoms with Crippen molar-refractivity contribution >= 4 is 29.0 Å². The molecule has 0 saturated heterocycles. The fourth-order valence-corrected chi connectivity index (χ4v) is 2.77. The summed E-state index contributed by atoms with van der Waals surface area (Å²) in [5.41, 5.74) is 1.03. The van der Waals surface area contributed by atoms with E-state index >= 15 is 0 Å². The van der Waals surface area contributed by atoms with Crippen LogP contribution in [0.4, 0.5) is 5.69 Å². The summed E-state index contributed by atoms with van der Waals surface area (Å²) in [5, 5.41) is 24.4. The number of benzene rings is 2. The van der Waals surface area contributed by atoms with E-state index in [1.165, 1.54) is 0 Å². The molecule has 0 aliphatic carbocycles. The number of hydrogen-bond acceptors (Lipinski definition) is 5. The molecule has 2 aromatic rings. The van der Waals surface area contributed by atoms with Gasteiger partial charge in [-0.05, 0) is 42.5 Å².